The van der Waals surface area contributed by atoms with Crippen LogP contribution in [0.1, 0.15) is 16.7 Å². The van der Waals surface area contributed by atoms with Crippen LogP contribution in [0.15, 0.2) is 48.5 Å². The molecule has 0 saturated carbocycles. The van der Waals surface area contributed by atoms with Gasteiger partial charge in [0.2, 0.25) is 0 Å². The van der Waals surface area contributed by atoms with Crippen LogP contribution >= 0.6 is 0 Å². The molecule has 0 aliphatic rings. The molecule has 5 heteroatoms. The van der Waals surface area contributed by atoms with Gasteiger partial charge in [0.1, 0.15) is 0 Å². The minimum absolute atomic E-state index is 0.0117. The number of benzene rings is 2. The van der Waals surface area contributed by atoms with Gasteiger partial charge in [-0.2, -0.15) is 0 Å². The number of aliphatic carboxylic acids is 1. The summed E-state index contributed by atoms with van der Waals surface area (Å²) in [4.78, 5) is 20.7. The summed E-state index contributed by atoms with van der Waals surface area (Å²) in [6.45, 7) is 0. The fraction of sp³-hybridized carbons (Fsp3) is 0.133. The lowest BCUT2D eigenvalue weighted by atomic mass is 10.0. The number of carboxylic acid groups (broad SMARTS) is 1. The predicted octanol–water partition coefficient (Wildman–Crippen LogP) is 2.81. The molecular weight excluding hydrogens is 258 g/mol. The Hall–Kier alpha value is -2.69. The Labute approximate surface area is 115 Å². The number of rotatable bonds is 5. The highest BCUT2D eigenvalue weighted by molar-refractivity contribution is 5.70. The zero-order valence-electron chi connectivity index (χ0n) is 10.7. The molecule has 2 rings (SSSR count). The Bertz CT molecular complexity index is 617. The van der Waals surface area contributed by atoms with Crippen LogP contribution in [0.25, 0.3) is 0 Å². The number of hydrogen-bond acceptors (Lipinski definition) is 3. The Morgan fingerprint density at radius 3 is 1.85 bits per heavy atom. The Kier molecular flexibility index (Phi) is 4.10. The van der Waals surface area contributed by atoms with E-state index in [1.54, 1.807) is 24.3 Å². The fourth-order valence-corrected chi connectivity index (χ4v) is 1.92. The molecule has 0 bridgehead atoms. The Morgan fingerprint density at radius 1 is 0.950 bits per heavy atom. The molecule has 0 heterocycles. The first-order valence-corrected chi connectivity index (χ1v) is 6.07. The molecule has 0 saturated heterocycles. The normalized spacial score (nSPS) is 10.2. The summed E-state index contributed by atoms with van der Waals surface area (Å²) in [5.41, 5.74) is 2.84. The molecule has 2 aromatic rings. The molecule has 5 nitrogen and oxygen atoms in total. The van der Waals surface area contributed by atoms with Gasteiger partial charge in [0.25, 0.3) is 5.69 Å². The molecule has 1 N–H and O–H groups in total. The average molecular weight is 271 g/mol. The Balaban J connectivity index is 2.06. The van der Waals surface area contributed by atoms with Gasteiger partial charge in [-0.1, -0.05) is 36.4 Å². The van der Waals surface area contributed by atoms with Gasteiger partial charge in [0, 0.05) is 12.1 Å². The zero-order chi connectivity index (χ0) is 14.5. The van der Waals surface area contributed by atoms with Crippen molar-refractivity contribution in [2.75, 3.05) is 0 Å². The second-order valence-electron chi connectivity index (χ2n) is 4.49. The van der Waals surface area contributed by atoms with Crippen LogP contribution in [0.3, 0.4) is 0 Å². The summed E-state index contributed by atoms with van der Waals surface area (Å²) in [6, 6.07) is 13.7. The average Bonchev–Trinajstić information content (AvgIpc) is 2.41. The first-order valence-electron chi connectivity index (χ1n) is 6.07. The van der Waals surface area contributed by atoms with Crippen LogP contribution in [-0.4, -0.2) is 16.0 Å². The molecule has 0 unspecified atom stereocenters. The quantitative estimate of drug-likeness (QED) is 0.669. The monoisotopic (exact) mass is 271 g/mol. The van der Waals surface area contributed by atoms with E-state index in [1.165, 1.54) is 12.1 Å². The van der Waals surface area contributed by atoms with Gasteiger partial charge in [0.15, 0.2) is 0 Å². The van der Waals surface area contributed by atoms with Crippen LogP contribution < -0.4 is 0 Å². The van der Waals surface area contributed by atoms with E-state index < -0.39 is 10.9 Å². The van der Waals surface area contributed by atoms with Crippen molar-refractivity contribution in [1.29, 1.82) is 0 Å². The third-order valence-electron chi connectivity index (χ3n) is 2.93. The first-order chi connectivity index (χ1) is 9.54. The van der Waals surface area contributed by atoms with E-state index >= 15 is 0 Å². The smallest absolute Gasteiger partial charge is 0.307 e. The molecule has 0 aliphatic carbocycles. The minimum Gasteiger partial charge on any atom is -0.481 e. The first kappa shape index (κ1) is 13.7. The highest BCUT2D eigenvalue weighted by Crippen LogP contribution is 2.15. The summed E-state index contributed by atoms with van der Waals surface area (Å²) in [5, 5.41) is 19.2. The second-order valence-corrected chi connectivity index (χ2v) is 4.49. The van der Waals surface area contributed by atoms with Crippen molar-refractivity contribution in [3.8, 4) is 0 Å². The molecule has 0 spiro atoms. The van der Waals surface area contributed by atoms with E-state index in [-0.39, 0.29) is 12.1 Å². The molecule has 102 valence electrons. The van der Waals surface area contributed by atoms with E-state index in [0.717, 1.165) is 16.7 Å². The molecule has 0 aliphatic heterocycles. The van der Waals surface area contributed by atoms with E-state index in [0.29, 0.717) is 6.42 Å². The molecule has 20 heavy (non-hydrogen) atoms. The number of hydrogen-bond donors (Lipinski definition) is 1. The maximum Gasteiger partial charge on any atom is 0.307 e. The van der Waals surface area contributed by atoms with E-state index in [1.807, 2.05) is 12.1 Å². The van der Waals surface area contributed by atoms with Crippen LogP contribution in [-0.2, 0) is 17.6 Å². The van der Waals surface area contributed by atoms with Crippen molar-refractivity contribution in [2.45, 2.75) is 12.8 Å². The fourth-order valence-electron chi connectivity index (χ4n) is 1.92. The number of nitro benzene ring substituents is 1. The molecule has 0 aromatic heterocycles. The van der Waals surface area contributed by atoms with Gasteiger partial charge in [-0.05, 0) is 23.1 Å². The maximum atomic E-state index is 10.6. The van der Waals surface area contributed by atoms with Crippen LogP contribution in [0, 0.1) is 10.1 Å². The number of nitro groups is 1. The summed E-state index contributed by atoms with van der Waals surface area (Å²) >= 11 is 0. The lowest BCUT2D eigenvalue weighted by Gasteiger charge is -2.03. The summed E-state index contributed by atoms with van der Waals surface area (Å²) in [6.07, 6.45) is 0.670. The van der Waals surface area contributed by atoms with Crippen LogP contribution in [0.5, 0.6) is 0 Å². The van der Waals surface area contributed by atoms with Crippen molar-refractivity contribution in [3.05, 3.63) is 75.3 Å². The van der Waals surface area contributed by atoms with Crippen molar-refractivity contribution in [2.24, 2.45) is 0 Å². The summed E-state index contributed by atoms with van der Waals surface area (Å²) in [7, 11) is 0. The van der Waals surface area contributed by atoms with Gasteiger partial charge < -0.3 is 5.11 Å². The summed E-state index contributed by atoms with van der Waals surface area (Å²) < 4.78 is 0. The highest BCUT2D eigenvalue weighted by atomic mass is 16.6. The molecule has 2 aromatic carbocycles. The van der Waals surface area contributed by atoms with Gasteiger partial charge in [-0.25, -0.2) is 0 Å². The largest absolute Gasteiger partial charge is 0.481 e. The third-order valence-corrected chi connectivity index (χ3v) is 2.93. The van der Waals surface area contributed by atoms with Gasteiger partial charge in [0.05, 0.1) is 11.3 Å². The third kappa shape index (κ3) is 3.65. The minimum atomic E-state index is -0.854. The lowest BCUT2D eigenvalue weighted by molar-refractivity contribution is -0.384. The second kappa shape index (κ2) is 5.97. The van der Waals surface area contributed by atoms with Gasteiger partial charge in [-0.15, -0.1) is 0 Å². The van der Waals surface area contributed by atoms with E-state index in [2.05, 4.69) is 0 Å². The highest BCUT2D eigenvalue weighted by Gasteiger charge is 2.05. The number of carboxylic acids is 1. The molecule has 0 amide bonds. The van der Waals surface area contributed by atoms with Gasteiger partial charge >= 0.3 is 5.97 Å². The maximum absolute atomic E-state index is 10.6. The van der Waals surface area contributed by atoms with Crippen molar-refractivity contribution in [3.63, 3.8) is 0 Å². The zero-order valence-corrected chi connectivity index (χ0v) is 10.7. The molecule has 0 radical (unpaired) electrons. The lowest BCUT2D eigenvalue weighted by Crippen LogP contribution is -2.00. The van der Waals surface area contributed by atoms with Gasteiger partial charge in [-0.3, -0.25) is 14.9 Å². The Morgan fingerprint density at radius 2 is 1.40 bits per heavy atom. The molecule has 0 fully saturated rings. The van der Waals surface area contributed by atoms with Crippen LogP contribution in [0.2, 0.25) is 0 Å². The van der Waals surface area contributed by atoms with Crippen molar-refractivity contribution >= 4 is 11.7 Å². The standard InChI is InChI=1S/C15H13NO4/c17-15(18)10-13-3-1-11(2-4-13)9-12-5-7-14(8-6-12)16(19)20/h1-8H,9-10H2,(H,17,18). The van der Waals surface area contributed by atoms with E-state index in [9.17, 15) is 14.9 Å². The summed E-state index contributed by atoms with van der Waals surface area (Å²) in [5.74, 6) is -0.854. The topological polar surface area (TPSA) is 80.4 Å². The van der Waals surface area contributed by atoms with Crippen molar-refractivity contribution in [1.82, 2.24) is 0 Å². The SMILES string of the molecule is O=C(O)Cc1ccc(Cc2ccc([N+](=O)[O-])cc2)cc1. The number of non-ortho nitro benzene ring substituents is 1. The van der Waals surface area contributed by atoms with E-state index in [4.69, 9.17) is 5.11 Å². The van der Waals surface area contributed by atoms with Crippen LogP contribution in [0.4, 0.5) is 5.69 Å². The predicted molar refractivity (Wildman–Crippen MR) is 73.7 cm³/mol. The number of nitrogens with zero attached hydrogens (tertiary/aromatic N) is 1. The molecular formula is C15H13NO4. The van der Waals surface area contributed by atoms with Crippen molar-refractivity contribution < 1.29 is 14.8 Å². The number of carbonyl (C=O) groups is 1. The molecule has 0 atom stereocenters.